The van der Waals surface area contributed by atoms with Crippen molar-refractivity contribution in [3.8, 4) is 16.9 Å². The van der Waals surface area contributed by atoms with Gasteiger partial charge in [0.05, 0.1) is 0 Å². The third-order valence-electron chi connectivity index (χ3n) is 2.70. The maximum atomic E-state index is 5.90. The Morgan fingerprint density at radius 2 is 1.94 bits per heavy atom. The van der Waals surface area contributed by atoms with Crippen molar-refractivity contribution >= 4 is 23.8 Å². The Hall–Kier alpha value is -1.16. The van der Waals surface area contributed by atoms with Crippen LogP contribution >= 0.6 is 23.8 Å². The number of benzene rings is 2. The molecule has 4 heteroatoms. The molecule has 0 saturated carbocycles. The van der Waals surface area contributed by atoms with Gasteiger partial charge in [-0.1, -0.05) is 41.9 Å². The first-order chi connectivity index (χ1) is 8.34. The van der Waals surface area contributed by atoms with Gasteiger partial charge in [-0.05, 0) is 17.7 Å². The van der Waals surface area contributed by atoms with E-state index in [1.807, 2.05) is 30.3 Å². The molecule has 2 aromatic rings. The summed E-state index contributed by atoms with van der Waals surface area (Å²) in [7, 11) is 0. The van der Waals surface area contributed by atoms with E-state index in [-0.39, 0.29) is 0 Å². The number of hydrogen-bond acceptors (Lipinski definition) is 3. The van der Waals surface area contributed by atoms with Crippen molar-refractivity contribution in [2.24, 2.45) is 0 Å². The summed E-state index contributed by atoms with van der Waals surface area (Å²) in [5.74, 6) is 0.943. The fourth-order valence-corrected chi connectivity index (χ4v) is 2.54. The van der Waals surface area contributed by atoms with E-state index >= 15 is 0 Å². The van der Waals surface area contributed by atoms with Gasteiger partial charge < -0.3 is 4.18 Å². The van der Waals surface area contributed by atoms with Gasteiger partial charge in [-0.2, -0.15) is 0 Å². The number of para-hydroxylation sites is 1. The third-order valence-corrected chi connectivity index (χ3v) is 3.46. The monoisotopic (exact) mass is 263 g/mol. The molecule has 1 aliphatic rings. The van der Waals surface area contributed by atoms with Gasteiger partial charge in [-0.15, -0.1) is 0 Å². The molecular weight excluding hydrogens is 254 g/mol. The molecule has 86 valence electrons. The lowest BCUT2D eigenvalue weighted by Gasteiger charge is -2.19. The molecule has 0 aliphatic carbocycles. The minimum absolute atomic E-state index is 0.746. The minimum Gasteiger partial charge on any atom is -0.409 e. The largest absolute Gasteiger partial charge is 0.409 e. The fraction of sp³-hybridized carbons (Fsp3) is 0.0769. The van der Waals surface area contributed by atoms with Crippen molar-refractivity contribution in [2.45, 2.75) is 6.54 Å². The van der Waals surface area contributed by atoms with Crippen molar-refractivity contribution in [3.63, 3.8) is 0 Å². The highest BCUT2D eigenvalue weighted by atomic mass is 35.5. The van der Waals surface area contributed by atoms with E-state index < -0.39 is 0 Å². The van der Waals surface area contributed by atoms with Gasteiger partial charge >= 0.3 is 0 Å². The van der Waals surface area contributed by atoms with E-state index in [0.29, 0.717) is 0 Å². The van der Waals surface area contributed by atoms with Gasteiger partial charge in [-0.3, -0.25) is 0 Å². The van der Waals surface area contributed by atoms with E-state index in [1.165, 1.54) is 17.8 Å². The van der Waals surface area contributed by atoms with Crippen molar-refractivity contribution < 1.29 is 4.18 Å². The predicted molar refractivity (Wildman–Crippen MR) is 71.9 cm³/mol. The van der Waals surface area contributed by atoms with Crippen LogP contribution in [-0.2, 0) is 6.54 Å². The summed E-state index contributed by atoms with van der Waals surface area (Å²) in [6.45, 7) is 0.821. The van der Waals surface area contributed by atoms with Crippen LogP contribution in [0.2, 0.25) is 5.02 Å². The SMILES string of the molecule is Clc1ccc(-c2cccc3c2OSNC3)cc1. The standard InChI is InChI=1S/C13H10ClNOS/c14-11-6-4-9(5-7-11)12-3-1-2-10-8-15-17-16-13(10)12/h1-7,15H,8H2. The van der Waals surface area contributed by atoms with Crippen LogP contribution < -0.4 is 8.91 Å². The lowest BCUT2D eigenvalue weighted by atomic mass is 10.0. The van der Waals surface area contributed by atoms with Crippen LogP contribution in [0.15, 0.2) is 42.5 Å². The Morgan fingerprint density at radius 1 is 1.12 bits per heavy atom. The average Bonchev–Trinajstić information content (AvgIpc) is 2.39. The summed E-state index contributed by atoms with van der Waals surface area (Å²) in [6.07, 6.45) is 0. The molecule has 0 fully saturated rings. The zero-order valence-corrected chi connectivity index (χ0v) is 10.5. The maximum absolute atomic E-state index is 5.90. The van der Waals surface area contributed by atoms with Gasteiger partial charge in [-0.25, -0.2) is 4.72 Å². The number of hydrogen-bond donors (Lipinski definition) is 1. The quantitative estimate of drug-likeness (QED) is 0.619. The molecule has 0 saturated heterocycles. The molecule has 0 atom stereocenters. The summed E-state index contributed by atoms with van der Waals surface area (Å²) >= 11 is 7.17. The number of fused-ring (bicyclic) bond motifs is 1. The molecule has 1 aliphatic heterocycles. The average molecular weight is 264 g/mol. The van der Waals surface area contributed by atoms with Crippen LogP contribution in [0.4, 0.5) is 0 Å². The molecule has 2 aromatic carbocycles. The molecule has 0 radical (unpaired) electrons. The molecule has 0 amide bonds. The Balaban J connectivity index is 2.11. The molecule has 0 unspecified atom stereocenters. The highest BCUT2D eigenvalue weighted by molar-refractivity contribution is 7.93. The minimum atomic E-state index is 0.746. The molecule has 0 bridgehead atoms. The van der Waals surface area contributed by atoms with Crippen LogP contribution in [0.25, 0.3) is 11.1 Å². The van der Waals surface area contributed by atoms with Crippen LogP contribution in [0.1, 0.15) is 5.56 Å². The molecule has 17 heavy (non-hydrogen) atoms. The first-order valence-corrected chi connectivity index (χ1v) is 6.41. The zero-order chi connectivity index (χ0) is 11.7. The number of nitrogens with one attached hydrogen (secondary N) is 1. The highest BCUT2D eigenvalue weighted by Gasteiger charge is 2.15. The van der Waals surface area contributed by atoms with Crippen molar-refractivity contribution in [1.29, 1.82) is 0 Å². The predicted octanol–water partition coefficient (Wildman–Crippen LogP) is 4.05. The molecule has 0 spiro atoms. The molecule has 1 N–H and O–H groups in total. The molecule has 2 nitrogen and oxygen atoms in total. The van der Waals surface area contributed by atoms with Gasteiger partial charge in [0.1, 0.15) is 12.2 Å². The lowest BCUT2D eigenvalue weighted by molar-refractivity contribution is 0.602. The summed E-state index contributed by atoms with van der Waals surface area (Å²) in [5, 5.41) is 0.746. The molecule has 0 aromatic heterocycles. The second-order valence-electron chi connectivity index (χ2n) is 3.79. The summed E-state index contributed by atoms with van der Waals surface area (Å²) in [5.41, 5.74) is 3.40. The van der Waals surface area contributed by atoms with Crippen LogP contribution in [0, 0.1) is 0 Å². The third kappa shape index (κ3) is 2.14. The van der Waals surface area contributed by atoms with Gasteiger partial charge in [0, 0.05) is 22.7 Å². The van der Waals surface area contributed by atoms with E-state index in [9.17, 15) is 0 Å². The smallest absolute Gasteiger partial charge is 0.151 e. The van der Waals surface area contributed by atoms with Crippen LogP contribution in [0.5, 0.6) is 5.75 Å². The Morgan fingerprint density at radius 3 is 2.76 bits per heavy atom. The Labute approximate surface area is 109 Å². The molecular formula is C13H10ClNOS. The summed E-state index contributed by atoms with van der Waals surface area (Å²) in [4.78, 5) is 0. The molecule has 1 heterocycles. The fourth-order valence-electron chi connectivity index (χ4n) is 1.86. The molecule has 3 rings (SSSR count). The normalized spacial score (nSPS) is 13.9. The van der Waals surface area contributed by atoms with E-state index in [4.69, 9.17) is 15.8 Å². The van der Waals surface area contributed by atoms with Gasteiger partial charge in [0.2, 0.25) is 0 Å². The van der Waals surface area contributed by atoms with E-state index in [1.54, 1.807) is 0 Å². The van der Waals surface area contributed by atoms with Crippen molar-refractivity contribution in [1.82, 2.24) is 4.72 Å². The summed E-state index contributed by atoms with van der Waals surface area (Å²) in [6, 6.07) is 14.0. The first kappa shape index (κ1) is 11.0. The Kier molecular flexibility index (Phi) is 2.97. The number of halogens is 1. The lowest BCUT2D eigenvalue weighted by Crippen LogP contribution is -2.12. The Bertz CT molecular complexity index is 542. The van der Waals surface area contributed by atoms with Crippen molar-refractivity contribution in [2.75, 3.05) is 0 Å². The summed E-state index contributed by atoms with van der Waals surface area (Å²) < 4.78 is 8.71. The zero-order valence-electron chi connectivity index (χ0n) is 8.94. The first-order valence-electron chi connectivity index (χ1n) is 5.29. The topological polar surface area (TPSA) is 21.3 Å². The van der Waals surface area contributed by atoms with Crippen LogP contribution in [0.3, 0.4) is 0 Å². The van der Waals surface area contributed by atoms with Gasteiger partial charge in [0.25, 0.3) is 0 Å². The second-order valence-corrected chi connectivity index (χ2v) is 4.85. The van der Waals surface area contributed by atoms with E-state index in [2.05, 4.69) is 16.9 Å². The number of rotatable bonds is 1. The maximum Gasteiger partial charge on any atom is 0.151 e. The van der Waals surface area contributed by atoms with E-state index in [0.717, 1.165) is 28.4 Å². The van der Waals surface area contributed by atoms with Gasteiger partial charge in [0.15, 0.2) is 5.75 Å². The van der Waals surface area contributed by atoms with Crippen molar-refractivity contribution in [3.05, 3.63) is 53.1 Å². The second kappa shape index (κ2) is 4.61. The van der Waals surface area contributed by atoms with Crippen LogP contribution in [-0.4, -0.2) is 0 Å². The highest BCUT2D eigenvalue weighted by Crippen LogP contribution is 2.37.